The van der Waals surface area contributed by atoms with Crippen LogP contribution in [0.25, 0.3) is 0 Å². The van der Waals surface area contributed by atoms with E-state index < -0.39 is 0 Å². The van der Waals surface area contributed by atoms with Crippen molar-refractivity contribution >= 4 is 5.84 Å². The van der Waals surface area contributed by atoms with E-state index >= 15 is 0 Å². The molecule has 0 radical (unpaired) electrons. The van der Waals surface area contributed by atoms with E-state index in [-0.39, 0.29) is 0 Å². The molecule has 0 atom stereocenters. The van der Waals surface area contributed by atoms with Crippen molar-refractivity contribution in [2.24, 2.45) is 4.99 Å². The first-order chi connectivity index (χ1) is 4.47. The van der Waals surface area contributed by atoms with Crippen LogP contribution in [0.1, 0.15) is 6.42 Å². The number of rotatable bonds is 0. The zero-order chi connectivity index (χ0) is 6.10. The zero-order valence-electron chi connectivity index (χ0n) is 5.38. The monoisotopic (exact) mass is 122 g/mol. The lowest BCUT2D eigenvalue weighted by atomic mass is 10.3. The average Bonchev–Trinajstić information content (AvgIpc) is 2.33. The number of nitrogens with zero attached hydrogens (tertiary/aromatic N) is 2. The predicted molar refractivity (Wildman–Crippen MR) is 37.6 cm³/mol. The van der Waals surface area contributed by atoms with Gasteiger partial charge in [-0.25, -0.2) is 0 Å². The molecule has 0 spiro atoms. The van der Waals surface area contributed by atoms with Gasteiger partial charge in [0.2, 0.25) is 0 Å². The number of hydrogen-bond donors (Lipinski definition) is 0. The third-order valence-electron chi connectivity index (χ3n) is 1.78. The summed E-state index contributed by atoms with van der Waals surface area (Å²) < 4.78 is 0. The number of hydrogen-bond acceptors (Lipinski definition) is 2. The van der Waals surface area contributed by atoms with Crippen molar-refractivity contribution in [3.05, 3.63) is 12.2 Å². The van der Waals surface area contributed by atoms with Crippen molar-refractivity contribution < 1.29 is 0 Å². The molecule has 48 valence electrons. The first kappa shape index (κ1) is 5.03. The summed E-state index contributed by atoms with van der Waals surface area (Å²) in [5, 5.41) is 0. The molecule has 0 aliphatic carbocycles. The van der Waals surface area contributed by atoms with Gasteiger partial charge in [-0.15, -0.1) is 0 Å². The fraction of sp³-hybridized carbons (Fsp3) is 0.571. The van der Waals surface area contributed by atoms with Crippen LogP contribution in [0.5, 0.6) is 0 Å². The van der Waals surface area contributed by atoms with E-state index in [2.05, 4.69) is 22.0 Å². The van der Waals surface area contributed by atoms with E-state index in [1.807, 2.05) is 0 Å². The SMILES string of the molecule is C1=CC2=NCCCN2C1. The lowest BCUT2D eigenvalue weighted by Crippen LogP contribution is -2.30. The molecule has 0 amide bonds. The molecule has 0 N–H and O–H groups in total. The van der Waals surface area contributed by atoms with Crippen molar-refractivity contribution in [3.8, 4) is 0 Å². The minimum absolute atomic E-state index is 1.02. The average molecular weight is 122 g/mol. The highest BCUT2D eigenvalue weighted by Crippen LogP contribution is 2.08. The van der Waals surface area contributed by atoms with Gasteiger partial charge in [0.25, 0.3) is 0 Å². The van der Waals surface area contributed by atoms with Crippen molar-refractivity contribution in [3.63, 3.8) is 0 Å². The lowest BCUT2D eigenvalue weighted by molar-refractivity contribution is 0.444. The molecule has 0 aromatic heterocycles. The van der Waals surface area contributed by atoms with Crippen LogP contribution in [0.4, 0.5) is 0 Å². The first-order valence-electron chi connectivity index (χ1n) is 3.43. The zero-order valence-corrected chi connectivity index (χ0v) is 5.38. The summed E-state index contributed by atoms with van der Waals surface area (Å²) in [5.41, 5.74) is 0. The van der Waals surface area contributed by atoms with Crippen LogP contribution in [0, 0.1) is 0 Å². The van der Waals surface area contributed by atoms with Gasteiger partial charge in [0.05, 0.1) is 0 Å². The van der Waals surface area contributed by atoms with Gasteiger partial charge >= 0.3 is 0 Å². The fourth-order valence-electron chi connectivity index (χ4n) is 1.30. The molecule has 0 aromatic rings. The topological polar surface area (TPSA) is 15.6 Å². The summed E-state index contributed by atoms with van der Waals surface area (Å²) in [6.07, 6.45) is 5.51. The van der Waals surface area contributed by atoms with E-state index in [0.29, 0.717) is 0 Å². The molecule has 0 saturated heterocycles. The number of fused-ring (bicyclic) bond motifs is 1. The highest BCUT2D eigenvalue weighted by molar-refractivity contribution is 5.95. The van der Waals surface area contributed by atoms with Crippen LogP contribution in [-0.2, 0) is 0 Å². The Labute approximate surface area is 54.9 Å². The van der Waals surface area contributed by atoms with E-state index in [4.69, 9.17) is 0 Å². The maximum atomic E-state index is 4.35. The summed E-state index contributed by atoms with van der Waals surface area (Å²) in [6, 6.07) is 0. The molecule has 0 unspecified atom stereocenters. The quantitative estimate of drug-likeness (QED) is 0.461. The van der Waals surface area contributed by atoms with Crippen molar-refractivity contribution in [1.82, 2.24) is 4.90 Å². The summed E-state index contributed by atoms with van der Waals surface area (Å²) in [6.45, 7) is 3.31. The molecule has 0 aromatic carbocycles. The van der Waals surface area contributed by atoms with E-state index in [1.165, 1.54) is 18.8 Å². The summed E-state index contributed by atoms with van der Waals surface area (Å²) in [7, 11) is 0. The summed E-state index contributed by atoms with van der Waals surface area (Å²) in [5.74, 6) is 1.20. The Hall–Kier alpha value is -0.790. The third kappa shape index (κ3) is 0.745. The molecule has 0 saturated carbocycles. The molecule has 2 aliphatic heterocycles. The minimum atomic E-state index is 1.02. The van der Waals surface area contributed by atoms with Crippen molar-refractivity contribution in [1.29, 1.82) is 0 Å². The maximum absolute atomic E-state index is 4.35. The molecular formula is C7H10N2. The Morgan fingerprint density at radius 3 is 3.44 bits per heavy atom. The largest absolute Gasteiger partial charge is 0.353 e. The Morgan fingerprint density at radius 1 is 1.56 bits per heavy atom. The minimum Gasteiger partial charge on any atom is -0.353 e. The smallest absolute Gasteiger partial charge is 0.123 e. The third-order valence-corrected chi connectivity index (χ3v) is 1.78. The van der Waals surface area contributed by atoms with Gasteiger partial charge in [0, 0.05) is 19.6 Å². The van der Waals surface area contributed by atoms with E-state index in [0.717, 1.165) is 13.1 Å². The molecule has 2 rings (SSSR count). The molecule has 0 fully saturated rings. The molecule has 2 aliphatic rings. The predicted octanol–water partition coefficient (Wildman–Crippen LogP) is 0.660. The van der Waals surface area contributed by atoms with Gasteiger partial charge in [0.1, 0.15) is 5.84 Å². The Balaban J connectivity index is 2.23. The van der Waals surface area contributed by atoms with Gasteiger partial charge < -0.3 is 4.90 Å². The molecule has 2 heterocycles. The van der Waals surface area contributed by atoms with E-state index in [9.17, 15) is 0 Å². The number of aliphatic imine (C=N–C) groups is 1. The van der Waals surface area contributed by atoms with Gasteiger partial charge in [-0.05, 0) is 12.5 Å². The van der Waals surface area contributed by atoms with E-state index in [1.54, 1.807) is 0 Å². The van der Waals surface area contributed by atoms with Crippen LogP contribution < -0.4 is 0 Å². The lowest BCUT2D eigenvalue weighted by Gasteiger charge is -2.21. The standard InChI is InChI=1S/C7H10N2/c1-3-7-8-4-2-6-9(7)5-1/h1,3H,2,4-6H2. The fourth-order valence-corrected chi connectivity index (χ4v) is 1.30. The van der Waals surface area contributed by atoms with Gasteiger partial charge in [-0.1, -0.05) is 6.08 Å². The first-order valence-corrected chi connectivity index (χ1v) is 3.43. The van der Waals surface area contributed by atoms with Gasteiger partial charge in [-0.3, -0.25) is 4.99 Å². The van der Waals surface area contributed by atoms with Gasteiger partial charge in [0.15, 0.2) is 0 Å². The van der Waals surface area contributed by atoms with Crippen molar-refractivity contribution in [2.75, 3.05) is 19.6 Å². The molecule has 0 bridgehead atoms. The molecule has 9 heavy (non-hydrogen) atoms. The Kier molecular flexibility index (Phi) is 1.04. The second kappa shape index (κ2) is 1.87. The Bertz CT molecular complexity index is 170. The normalized spacial score (nSPS) is 24.0. The Morgan fingerprint density at radius 2 is 2.56 bits per heavy atom. The second-order valence-electron chi connectivity index (χ2n) is 2.44. The second-order valence-corrected chi connectivity index (χ2v) is 2.44. The highest BCUT2D eigenvalue weighted by atomic mass is 15.2. The molecule has 2 heteroatoms. The summed E-state index contributed by atoms with van der Waals surface area (Å²) >= 11 is 0. The van der Waals surface area contributed by atoms with Crippen LogP contribution in [-0.4, -0.2) is 30.4 Å². The summed E-state index contributed by atoms with van der Waals surface area (Å²) in [4.78, 5) is 6.66. The maximum Gasteiger partial charge on any atom is 0.123 e. The van der Waals surface area contributed by atoms with Crippen LogP contribution >= 0.6 is 0 Å². The number of amidine groups is 1. The van der Waals surface area contributed by atoms with Crippen LogP contribution in [0.3, 0.4) is 0 Å². The van der Waals surface area contributed by atoms with Gasteiger partial charge in [-0.2, -0.15) is 0 Å². The van der Waals surface area contributed by atoms with Crippen molar-refractivity contribution in [2.45, 2.75) is 6.42 Å². The highest BCUT2D eigenvalue weighted by Gasteiger charge is 2.14. The van der Waals surface area contributed by atoms with Crippen LogP contribution in [0.2, 0.25) is 0 Å². The van der Waals surface area contributed by atoms with Crippen LogP contribution in [0.15, 0.2) is 17.1 Å². The molecule has 2 nitrogen and oxygen atoms in total. The molecular weight excluding hydrogens is 112 g/mol.